The van der Waals surface area contributed by atoms with Crippen molar-refractivity contribution >= 4 is 22.9 Å². The topological polar surface area (TPSA) is 67.0 Å². The molecule has 0 aliphatic rings. The number of anilines is 1. The predicted octanol–water partition coefficient (Wildman–Crippen LogP) is 4.18. The lowest BCUT2D eigenvalue weighted by Gasteiger charge is -2.14. The molecule has 6 heteroatoms. The highest BCUT2D eigenvalue weighted by Crippen LogP contribution is 2.26. The second-order valence-electron chi connectivity index (χ2n) is 5.26. The number of aromatic amines is 1. The molecule has 0 saturated carbocycles. The van der Waals surface area contributed by atoms with Gasteiger partial charge in [0.15, 0.2) is 5.69 Å². The SMILES string of the molecule is CC(C)Oc1ccccc1NC(=O)c1cc(-c2cccs2)[nH]n1. The van der Waals surface area contributed by atoms with E-state index in [1.807, 2.05) is 55.6 Å². The maximum atomic E-state index is 12.4. The maximum Gasteiger partial charge on any atom is 0.276 e. The molecule has 0 aliphatic heterocycles. The number of H-pyrrole nitrogens is 1. The summed E-state index contributed by atoms with van der Waals surface area (Å²) in [6, 6.07) is 13.0. The fourth-order valence-electron chi connectivity index (χ4n) is 2.11. The molecule has 1 aromatic carbocycles. The lowest BCUT2D eigenvalue weighted by atomic mass is 10.2. The van der Waals surface area contributed by atoms with E-state index >= 15 is 0 Å². The Morgan fingerprint density at radius 1 is 1.26 bits per heavy atom. The summed E-state index contributed by atoms with van der Waals surface area (Å²) in [4.78, 5) is 13.4. The summed E-state index contributed by atoms with van der Waals surface area (Å²) in [6.45, 7) is 3.89. The molecule has 0 unspecified atom stereocenters. The highest BCUT2D eigenvalue weighted by Gasteiger charge is 2.14. The van der Waals surface area contributed by atoms with Crippen LogP contribution in [0.4, 0.5) is 5.69 Å². The molecule has 0 fully saturated rings. The molecule has 2 heterocycles. The Bertz CT molecular complexity index is 794. The number of benzene rings is 1. The van der Waals surface area contributed by atoms with E-state index < -0.39 is 0 Å². The first-order chi connectivity index (χ1) is 11.1. The molecular weight excluding hydrogens is 310 g/mol. The molecule has 2 aromatic heterocycles. The Hall–Kier alpha value is -2.60. The Morgan fingerprint density at radius 2 is 2.09 bits per heavy atom. The number of aromatic nitrogens is 2. The zero-order chi connectivity index (χ0) is 16.2. The van der Waals surface area contributed by atoms with E-state index in [4.69, 9.17) is 4.74 Å². The summed E-state index contributed by atoms with van der Waals surface area (Å²) in [5, 5.41) is 11.8. The number of nitrogens with one attached hydrogen (secondary N) is 2. The van der Waals surface area contributed by atoms with Crippen molar-refractivity contribution in [2.75, 3.05) is 5.32 Å². The van der Waals surface area contributed by atoms with Crippen LogP contribution in [0, 0.1) is 0 Å². The molecule has 3 aromatic rings. The Morgan fingerprint density at radius 3 is 2.83 bits per heavy atom. The Balaban J connectivity index is 1.77. The molecule has 0 atom stereocenters. The lowest BCUT2D eigenvalue weighted by Crippen LogP contribution is -2.14. The number of carbonyl (C=O) groups is 1. The van der Waals surface area contributed by atoms with Crippen molar-refractivity contribution in [2.45, 2.75) is 20.0 Å². The normalized spacial score (nSPS) is 10.7. The third-order valence-electron chi connectivity index (χ3n) is 3.10. The van der Waals surface area contributed by atoms with Crippen molar-refractivity contribution in [1.29, 1.82) is 0 Å². The van der Waals surface area contributed by atoms with Crippen LogP contribution >= 0.6 is 11.3 Å². The Labute approximate surface area is 138 Å². The highest BCUT2D eigenvalue weighted by molar-refractivity contribution is 7.13. The van der Waals surface area contributed by atoms with Crippen molar-refractivity contribution in [1.82, 2.24) is 10.2 Å². The summed E-state index contributed by atoms with van der Waals surface area (Å²) >= 11 is 1.59. The van der Waals surface area contributed by atoms with Crippen molar-refractivity contribution in [3.8, 4) is 16.3 Å². The Kier molecular flexibility index (Phi) is 4.43. The van der Waals surface area contributed by atoms with Crippen LogP contribution < -0.4 is 10.1 Å². The summed E-state index contributed by atoms with van der Waals surface area (Å²) < 4.78 is 5.70. The number of ether oxygens (including phenoxy) is 1. The van der Waals surface area contributed by atoms with Crippen LogP contribution in [-0.2, 0) is 0 Å². The number of amides is 1. The van der Waals surface area contributed by atoms with E-state index in [0.29, 0.717) is 17.1 Å². The number of rotatable bonds is 5. The second kappa shape index (κ2) is 6.66. The van der Waals surface area contributed by atoms with Crippen molar-refractivity contribution in [3.63, 3.8) is 0 Å². The van der Waals surface area contributed by atoms with Crippen LogP contribution in [0.25, 0.3) is 10.6 Å². The van der Waals surface area contributed by atoms with Gasteiger partial charge >= 0.3 is 0 Å². The molecule has 3 rings (SSSR count). The van der Waals surface area contributed by atoms with E-state index in [0.717, 1.165) is 10.6 Å². The zero-order valence-corrected chi connectivity index (χ0v) is 13.7. The first kappa shape index (κ1) is 15.3. The minimum Gasteiger partial charge on any atom is -0.489 e. The fourth-order valence-corrected chi connectivity index (χ4v) is 2.80. The smallest absolute Gasteiger partial charge is 0.276 e. The van der Waals surface area contributed by atoms with Gasteiger partial charge in [-0.2, -0.15) is 5.10 Å². The second-order valence-corrected chi connectivity index (χ2v) is 6.21. The largest absolute Gasteiger partial charge is 0.489 e. The first-order valence-electron chi connectivity index (χ1n) is 7.30. The summed E-state index contributed by atoms with van der Waals surface area (Å²) in [6.07, 6.45) is 0.0314. The van der Waals surface area contributed by atoms with Gasteiger partial charge in [0.2, 0.25) is 0 Å². The molecule has 23 heavy (non-hydrogen) atoms. The van der Waals surface area contributed by atoms with Crippen molar-refractivity contribution < 1.29 is 9.53 Å². The average Bonchev–Trinajstić information content (AvgIpc) is 3.19. The van der Waals surface area contributed by atoms with Gasteiger partial charge in [0.25, 0.3) is 5.91 Å². The molecule has 0 aliphatic carbocycles. The van der Waals surface area contributed by atoms with E-state index in [1.165, 1.54) is 0 Å². The average molecular weight is 327 g/mol. The van der Waals surface area contributed by atoms with E-state index in [2.05, 4.69) is 15.5 Å². The van der Waals surface area contributed by atoms with Gasteiger partial charge in [-0.3, -0.25) is 9.89 Å². The molecule has 0 spiro atoms. The van der Waals surface area contributed by atoms with Crippen LogP contribution in [0.3, 0.4) is 0 Å². The lowest BCUT2D eigenvalue weighted by molar-refractivity contribution is 0.102. The fraction of sp³-hybridized carbons (Fsp3) is 0.176. The summed E-state index contributed by atoms with van der Waals surface area (Å²) in [7, 11) is 0. The number of para-hydroxylation sites is 2. The van der Waals surface area contributed by atoms with Crippen LogP contribution in [0.15, 0.2) is 47.8 Å². The van der Waals surface area contributed by atoms with Gasteiger partial charge in [-0.05, 0) is 43.5 Å². The third-order valence-corrected chi connectivity index (χ3v) is 4.00. The number of hydrogen-bond acceptors (Lipinski definition) is 4. The zero-order valence-electron chi connectivity index (χ0n) is 12.9. The van der Waals surface area contributed by atoms with Gasteiger partial charge in [-0.25, -0.2) is 0 Å². The number of hydrogen-bond donors (Lipinski definition) is 2. The highest BCUT2D eigenvalue weighted by atomic mass is 32.1. The number of carbonyl (C=O) groups excluding carboxylic acids is 1. The van der Waals surface area contributed by atoms with Crippen molar-refractivity contribution in [2.24, 2.45) is 0 Å². The molecule has 0 bridgehead atoms. The number of thiophene rings is 1. The van der Waals surface area contributed by atoms with Crippen LogP contribution in [-0.4, -0.2) is 22.2 Å². The molecular formula is C17H17N3O2S. The van der Waals surface area contributed by atoms with E-state index in [-0.39, 0.29) is 12.0 Å². The minimum absolute atomic E-state index is 0.0314. The summed E-state index contributed by atoms with van der Waals surface area (Å²) in [5.41, 5.74) is 1.80. The quantitative estimate of drug-likeness (QED) is 0.739. The maximum absolute atomic E-state index is 12.4. The third kappa shape index (κ3) is 3.60. The molecule has 5 nitrogen and oxygen atoms in total. The van der Waals surface area contributed by atoms with E-state index in [9.17, 15) is 4.79 Å². The molecule has 1 amide bonds. The number of nitrogens with zero attached hydrogens (tertiary/aromatic N) is 1. The molecule has 0 saturated heterocycles. The molecule has 0 radical (unpaired) electrons. The standard InChI is InChI=1S/C17H17N3O2S/c1-11(2)22-15-7-4-3-6-12(15)18-17(21)14-10-13(19-20-14)16-8-5-9-23-16/h3-11H,1-2H3,(H,18,21)(H,19,20). The predicted molar refractivity (Wildman–Crippen MR) is 92.1 cm³/mol. The van der Waals surface area contributed by atoms with E-state index in [1.54, 1.807) is 17.4 Å². The van der Waals surface area contributed by atoms with Gasteiger partial charge < -0.3 is 10.1 Å². The van der Waals surface area contributed by atoms with Gasteiger partial charge in [0.1, 0.15) is 5.75 Å². The van der Waals surface area contributed by atoms with Gasteiger partial charge in [0, 0.05) is 0 Å². The van der Waals surface area contributed by atoms with Gasteiger partial charge in [-0.1, -0.05) is 18.2 Å². The van der Waals surface area contributed by atoms with Crippen LogP contribution in [0.2, 0.25) is 0 Å². The van der Waals surface area contributed by atoms with Crippen molar-refractivity contribution in [3.05, 3.63) is 53.5 Å². The van der Waals surface area contributed by atoms with Crippen LogP contribution in [0.5, 0.6) is 5.75 Å². The minimum atomic E-state index is -0.274. The van der Waals surface area contributed by atoms with Gasteiger partial charge in [-0.15, -0.1) is 11.3 Å². The molecule has 2 N–H and O–H groups in total. The summed E-state index contributed by atoms with van der Waals surface area (Å²) in [5.74, 6) is 0.369. The first-order valence-corrected chi connectivity index (χ1v) is 8.18. The van der Waals surface area contributed by atoms with Gasteiger partial charge in [0.05, 0.1) is 22.4 Å². The monoisotopic (exact) mass is 327 g/mol. The van der Waals surface area contributed by atoms with Crippen LogP contribution in [0.1, 0.15) is 24.3 Å². The molecule has 118 valence electrons.